The average Bonchev–Trinajstić information content (AvgIpc) is 3.18. The third-order valence-corrected chi connectivity index (χ3v) is 5.67. The predicted molar refractivity (Wildman–Crippen MR) is 99.2 cm³/mol. The minimum absolute atomic E-state index is 0.0290. The van der Waals surface area contributed by atoms with E-state index in [4.69, 9.17) is 9.47 Å². The maximum atomic E-state index is 13.9. The molecule has 1 atom stereocenters. The van der Waals surface area contributed by atoms with Crippen molar-refractivity contribution in [2.75, 3.05) is 26.0 Å². The first-order chi connectivity index (χ1) is 13.6. The Hall–Kier alpha value is -2.46. The number of fused-ring (bicyclic) bond motifs is 1. The molecule has 1 unspecified atom stereocenters. The molecule has 0 saturated carbocycles. The summed E-state index contributed by atoms with van der Waals surface area (Å²) in [6.45, 7) is 1.06. The number of ether oxygens (including phenoxy) is 2. The molecule has 1 aromatic rings. The third kappa shape index (κ3) is 3.51. The lowest BCUT2D eigenvalue weighted by Crippen LogP contribution is -2.61. The van der Waals surface area contributed by atoms with Crippen molar-refractivity contribution in [3.05, 3.63) is 52.1 Å². The number of aliphatic hydroxyl groups is 1. The first kappa shape index (κ1) is 21.3. The number of rotatable bonds is 5. The van der Waals surface area contributed by atoms with Crippen LogP contribution in [0.3, 0.4) is 0 Å². The number of hydrogen-bond acceptors (Lipinski definition) is 7. The van der Waals surface area contributed by atoms with Gasteiger partial charge in [0.2, 0.25) is 0 Å². The number of esters is 1. The van der Waals surface area contributed by atoms with Gasteiger partial charge in [-0.1, -0.05) is 0 Å². The number of ketones is 1. The summed E-state index contributed by atoms with van der Waals surface area (Å²) in [5.41, 5.74) is -4.50. The molecule has 0 radical (unpaired) electrons. The molecule has 2 heterocycles. The Kier molecular flexibility index (Phi) is 5.68. The van der Waals surface area contributed by atoms with Crippen LogP contribution < -0.4 is 4.74 Å². The van der Waals surface area contributed by atoms with Gasteiger partial charge in [-0.25, -0.2) is 4.79 Å². The third-order valence-electron chi connectivity index (χ3n) is 4.57. The highest BCUT2D eigenvalue weighted by Crippen LogP contribution is 2.50. The summed E-state index contributed by atoms with van der Waals surface area (Å²) in [4.78, 5) is 26.0. The van der Waals surface area contributed by atoms with Crippen molar-refractivity contribution in [1.29, 1.82) is 0 Å². The molecule has 0 aliphatic carbocycles. The van der Waals surface area contributed by atoms with Crippen molar-refractivity contribution in [3.8, 4) is 5.75 Å². The predicted octanol–water partition coefficient (Wildman–Crippen LogP) is 2.89. The van der Waals surface area contributed by atoms with Gasteiger partial charge in [0.15, 0.2) is 5.78 Å². The molecular formula is C19H18F3NO5S. The molecule has 2 aliphatic heterocycles. The van der Waals surface area contributed by atoms with Crippen molar-refractivity contribution in [1.82, 2.24) is 4.90 Å². The molecule has 0 bridgehead atoms. The highest BCUT2D eigenvalue weighted by Gasteiger charge is 2.65. The maximum absolute atomic E-state index is 13.9. The number of methoxy groups -OCH3 is 1. The van der Waals surface area contributed by atoms with Crippen molar-refractivity contribution in [3.63, 3.8) is 0 Å². The fourth-order valence-corrected chi connectivity index (χ4v) is 4.33. The molecule has 0 aromatic heterocycles. The molecule has 0 amide bonds. The molecule has 156 valence electrons. The van der Waals surface area contributed by atoms with Crippen LogP contribution in [0.15, 0.2) is 46.5 Å². The Morgan fingerprint density at radius 1 is 1.28 bits per heavy atom. The zero-order valence-electron chi connectivity index (χ0n) is 15.6. The van der Waals surface area contributed by atoms with E-state index in [1.807, 2.05) is 0 Å². The normalized spacial score (nSPS) is 21.6. The summed E-state index contributed by atoms with van der Waals surface area (Å²) in [5, 5.41) is 10.6. The van der Waals surface area contributed by atoms with Gasteiger partial charge in [-0.05, 0) is 37.3 Å². The number of benzene rings is 1. The van der Waals surface area contributed by atoms with Crippen LogP contribution in [-0.4, -0.2) is 59.7 Å². The summed E-state index contributed by atoms with van der Waals surface area (Å²) in [6, 6.07) is 6.04. The van der Waals surface area contributed by atoms with Crippen LogP contribution in [0.1, 0.15) is 17.3 Å². The van der Waals surface area contributed by atoms with E-state index in [0.29, 0.717) is 10.6 Å². The van der Waals surface area contributed by atoms with E-state index < -0.39 is 29.2 Å². The highest BCUT2D eigenvalue weighted by atomic mass is 32.2. The lowest BCUT2D eigenvalue weighted by molar-refractivity contribution is -0.289. The van der Waals surface area contributed by atoms with Crippen LogP contribution in [0.2, 0.25) is 0 Å². The van der Waals surface area contributed by atoms with Gasteiger partial charge in [0, 0.05) is 17.9 Å². The van der Waals surface area contributed by atoms with Gasteiger partial charge in [-0.3, -0.25) is 4.79 Å². The number of hydrogen-bond donors (Lipinski definition) is 1. The average molecular weight is 429 g/mol. The van der Waals surface area contributed by atoms with Crippen molar-refractivity contribution in [2.24, 2.45) is 0 Å². The zero-order valence-corrected chi connectivity index (χ0v) is 16.4. The van der Waals surface area contributed by atoms with Gasteiger partial charge in [-0.2, -0.15) is 13.2 Å². The maximum Gasteiger partial charge on any atom is 0.441 e. The lowest BCUT2D eigenvalue weighted by atomic mass is 9.91. The number of carbonyl (C=O) groups is 2. The van der Waals surface area contributed by atoms with Gasteiger partial charge in [-0.15, -0.1) is 11.8 Å². The number of halogens is 3. The molecule has 1 fully saturated rings. The van der Waals surface area contributed by atoms with Gasteiger partial charge in [0.1, 0.15) is 5.75 Å². The second-order valence-electron chi connectivity index (χ2n) is 6.23. The Morgan fingerprint density at radius 2 is 1.93 bits per heavy atom. The molecule has 2 aliphatic rings. The monoisotopic (exact) mass is 429 g/mol. The molecule has 29 heavy (non-hydrogen) atoms. The van der Waals surface area contributed by atoms with Crippen molar-refractivity contribution >= 4 is 23.5 Å². The van der Waals surface area contributed by atoms with E-state index in [1.165, 1.54) is 26.2 Å². The van der Waals surface area contributed by atoms with E-state index >= 15 is 0 Å². The summed E-state index contributed by atoms with van der Waals surface area (Å²) < 4.78 is 51.4. The second kappa shape index (κ2) is 7.75. The van der Waals surface area contributed by atoms with Crippen LogP contribution in [-0.2, 0) is 9.53 Å². The van der Waals surface area contributed by atoms with Crippen LogP contribution >= 0.6 is 11.8 Å². The van der Waals surface area contributed by atoms with Crippen molar-refractivity contribution in [2.45, 2.75) is 18.8 Å². The number of Topliss-reactive ketones (excluding diaryl/α,β-unsaturated/α-hetero) is 1. The number of carbonyl (C=O) groups excluding carboxylic acids is 2. The van der Waals surface area contributed by atoms with E-state index in [1.54, 1.807) is 12.1 Å². The first-order valence-electron chi connectivity index (χ1n) is 8.67. The van der Waals surface area contributed by atoms with Crippen LogP contribution in [0, 0.1) is 0 Å². The molecular weight excluding hydrogens is 411 g/mol. The molecule has 1 saturated heterocycles. The molecule has 3 rings (SSSR count). The highest BCUT2D eigenvalue weighted by molar-refractivity contribution is 8.03. The summed E-state index contributed by atoms with van der Waals surface area (Å²) in [6.07, 6.45) is -4.39. The van der Waals surface area contributed by atoms with E-state index in [2.05, 4.69) is 0 Å². The molecule has 1 N–H and O–H groups in total. The van der Waals surface area contributed by atoms with Gasteiger partial charge in [0.05, 0.1) is 29.9 Å². The first-order valence-corrected chi connectivity index (χ1v) is 9.65. The van der Waals surface area contributed by atoms with E-state index in [9.17, 15) is 27.9 Å². The quantitative estimate of drug-likeness (QED) is 0.570. The second-order valence-corrected chi connectivity index (χ2v) is 7.31. The largest absolute Gasteiger partial charge is 0.497 e. The smallest absolute Gasteiger partial charge is 0.441 e. The Morgan fingerprint density at radius 3 is 2.48 bits per heavy atom. The number of allylic oxidation sites excluding steroid dienone is 2. The SMILES string of the molecule is CCOC(=O)C1=CC(C(=O)c2ccc(OC)cc2)=C2SCCN2C1(O)C(F)(F)F. The fraction of sp³-hybridized carbons (Fsp3) is 0.368. The topological polar surface area (TPSA) is 76.1 Å². The van der Waals surface area contributed by atoms with Crippen LogP contribution in [0.5, 0.6) is 5.75 Å². The summed E-state index contributed by atoms with van der Waals surface area (Å²) in [7, 11) is 1.46. The van der Waals surface area contributed by atoms with Gasteiger partial charge >= 0.3 is 12.1 Å². The fourth-order valence-electron chi connectivity index (χ4n) is 3.17. The van der Waals surface area contributed by atoms with Gasteiger partial charge < -0.3 is 19.5 Å². The summed E-state index contributed by atoms with van der Waals surface area (Å²) >= 11 is 1.01. The molecule has 0 spiro atoms. The van der Waals surface area contributed by atoms with Crippen molar-refractivity contribution < 1.29 is 37.3 Å². The van der Waals surface area contributed by atoms with Gasteiger partial charge in [0.25, 0.3) is 5.72 Å². The Labute approximate surface area is 169 Å². The Balaban J connectivity index is 2.14. The minimum Gasteiger partial charge on any atom is -0.497 e. The van der Waals surface area contributed by atoms with E-state index in [-0.39, 0.29) is 35.1 Å². The molecule has 1 aromatic carbocycles. The minimum atomic E-state index is -5.18. The zero-order chi connectivity index (χ0) is 21.4. The molecule has 6 nitrogen and oxygen atoms in total. The van der Waals surface area contributed by atoms with Crippen LogP contribution in [0.4, 0.5) is 13.2 Å². The molecule has 10 heteroatoms. The number of alkyl halides is 3. The van der Waals surface area contributed by atoms with E-state index in [0.717, 1.165) is 17.8 Å². The number of thioether (sulfide) groups is 1. The summed E-state index contributed by atoms with van der Waals surface area (Å²) in [5.74, 6) is -1.18. The standard InChI is InChI=1S/C19H18F3NO5S/c1-3-28-17(25)14-10-13(15(24)11-4-6-12(27-2)7-5-11)16-23(8-9-29-16)18(14,26)19(20,21)22/h4-7,10,26H,3,8-9H2,1-2H3. The Bertz CT molecular complexity index is 894. The lowest BCUT2D eigenvalue weighted by Gasteiger charge is -2.43. The van der Waals surface area contributed by atoms with Crippen LogP contribution in [0.25, 0.3) is 0 Å². The number of nitrogens with zero attached hydrogens (tertiary/aromatic N) is 1.